The van der Waals surface area contributed by atoms with E-state index >= 15 is 0 Å². The summed E-state index contributed by atoms with van der Waals surface area (Å²) < 4.78 is 26.4. The molecule has 0 saturated carbocycles. The van der Waals surface area contributed by atoms with Crippen LogP contribution in [0.25, 0.3) is 22.4 Å². The largest absolute Gasteiger partial charge is 0.361 e. The monoisotopic (exact) mass is 566 g/mol. The standard InChI is InChI=1S/C32H47N4O3P/c1-7-38-40(37,39-8-2)29-11-9-26(10-12-29)32-33-31-24(5)21-27(22-30(31)34(32)6)25-13-17-36(18-14-25)28-15-19-35(20-16-28)23(3)4/h9-12,21-23,25,28H,7-8,13-20H2,1-6H3. The highest BCUT2D eigenvalue weighted by Crippen LogP contribution is 2.47. The van der Waals surface area contributed by atoms with Crippen molar-refractivity contribution in [1.29, 1.82) is 0 Å². The smallest absolute Gasteiger partial charge is 0.327 e. The fourth-order valence-electron chi connectivity index (χ4n) is 6.66. The van der Waals surface area contributed by atoms with Gasteiger partial charge in [-0.05, 0) is 122 Å². The molecule has 0 unspecified atom stereocenters. The highest BCUT2D eigenvalue weighted by atomic mass is 31.2. The van der Waals surface area contributed by atoms with Gasteiger partial charge in [-0.3, -0.25) is 4.57 Å². The minimum absolute atomic E-state index is 0.335. The van der Waals surface area contributed by atoms with Crippen molar-refractivity contribution in [3.63, 3.8) is 0 Å². The summed E-state index contributed by atoms with van der Waals surface area (Å²) in [6, 6.07) is 13.8. The van der Waals surface area contributed by atoms with Gasteiger partial charge in [-0.15, -0.1) is 0 Å². The van der Waals surface area contributed by atoms with Gasteiger partial charge in [0, 0.05) is 24.7 Å². The lowest BCUT2D eigenvalue weighted by atomic mass is 9.87. The Morgan fingerprint density at radius 3 is 2.15 bits per heavy atom. The van der Waals surface area contributed by atoms with Crippen LogP contribution >= 0.6 is 7.60 Å². The summed E-state index contributed by atoms with van der Waals surface area (Å²) in [6.45, 7) is 16.0. The molecule has 2 aliphatic rings. The van der Waals surface area contributed by atoms with Crippen LogP contribution in [0.4, 0.5) is 0 Å². The molecule has 5 rings (SSSR count). The van der Waals surface area contributed by atoms with Crippen LogP contribution in [0.3, 0.4) is 0 Å². The van der Waals surface area contributed by atoms with E-state index in [1.165, 1.54) is 68.5 Å². The maximum absolute atomic E-state index is 13.2. The Balaban J connectivity index is 1.31. The summed E-state index contributed by atoms with van der Waals surface area (Å²) in [6.07, 6.45) is 5.06. The molecule has 1 aromatic heterocycles. The number of nitrogens with zero attached hydrogens (tertiary/aromatic N) is 4. The summed E-state index contributed by atoms with van der Waals surface area (Å²) >= 11 is 0. The normalized spacial score (nSPS) is 18.8. The molecule has 0 amide bonds. The van der Waals surface area contributed by atoms with Crippen molar-refractivity contribution in [2.45, 2.75) is 78.3 Å². The number of benzene rings is 2. The molecule has 2 aliphatic heterocycles. The second kappa shape index (κ2) is 12.5. The van der Waals surface area contributed by atoms with Crippen LogP contribution < -0.4 is 5.30 Å². The molecule has 40 heavy (non-hydrogen) atoms. The van der Waals surface area contributed by atoms with Gasteiger partial charge in [0.05, 0.1) is 29.6 Å². The number of likely N-dealkylation sites (tertiary alicyclic amines) is 2. The van der Waals surface area contributed by atoms with Crippen LogP contribution in [0.2, 0.25) is 0 Å². The maximum atomic E-state index is 13.2. The van der Waals surface area contributed by atoms with Crippen molar-refractivity contribution in [2.24, 2.45) is 7.05 Å². The molecule has 0 N–H and O–H groups in total. The Labute approximate surface area is 240 Å². The number of piperidine rings is 2. The Hall–Kier alpha value is -2.02. The van der Waals surface area contributed by atoms with Crippen LogP contribution in [-0.4, -0.2) is 70.8 Å². The van der Waals surface area contributed by atoms with Crippen LogP contribution in [0, 0.1) is 6.92 Å². The first-order valence-corrected chi connectivity index (χ1v) is 16.7. The van der Waals surface area contributed by atoms with E-state index in [-0.39, 0.29) is 0 Å². The second-order valence-electron chi connectivity index (χ2n) is 11.8. The fourth-order valence-corrected chi connectivity index (χ4v) is 8.23. The van der Waals surface area contributed by atoms with Crippen LogP contribution in [0.5, 0.6) is 0 Å². The first-order valence-electron chi connectivity index (χ1n) is 15.2. The zero-order valence-corrected chi connectivity index (χ0v) is 26.1. The van der Waals surface area contributed by atoms with Gasteiger partial charge in [0.1, 0.15) is 5.82 Å². The first-order chi connectivity index (χ1) is 19.2. The van der Waals surface area contributed by atoms with E-state index in [0.717, 1.165) is 22.9 Å². The third-order valence-electron chi connectivity index (χ3n) is 8.99. The lowest BCUT2D eigenvalue weighted by molar-refractivity contribution is 0.0753. The number of aromatic nitrogens is 2. The van der Waals surface area contributed by atoms with Crippen molar-refractivity contribution < 1.29 is 13.6 Å². The van der Waals surface area contributed by atoms with Gasteiger partial charge < -0.3 is 23.4 Å². The molecule has 0 spiro atoms. The molecule has 0 atom stereocenters. The van der Waals surface area contributed by atoms with Crippen molar-refractivity contribution in [2.75, 3.05) is 39.4 Å². The first kappa shape index (κ1) is 29.5. The number of aryl methyl sites for hydroxylation is 2. The summed E-state index contributed by atoms with van der Waals surface area (Å²) in [5, 5.41) is 0.578. The SMILES string of the molecule is CCOP(=O)(OCC)c1ccc(-c2nc3c(C)cc(C4CCN(C5CCN(C(C)C)CC5)CC4)cc3n2C)cc1. The summed E-state index contributed by atoms with van der Waals surface area (Å²) in [5.41, 5.74) is 5.88. The van der Waals surface area contributed by atoms with Gasteiger partial charge >= 0.3 is 7.60 Å². The molecule has 0 aliphatic carbocycles. The fraction of sp³-hybridized carbons (Fsp3) is 0.594. The Morgan fingerprint density at radius 1 is 0.950 bits per heavy atom. The minimum atomic E-state index is -3.31. The number of fused-ring (bicyclic) bond motifs is 1. The number of hydrogen-bond acceptors (Lipinski definition) is 6. The number of hydrogen-bond donors (Lipinski definition) is 0. The zero-order valence-electron chi connectivity index (χ0n) is 25.2. The summed E-state index contributed by atoms with van der Waals surface area (Å²) in [4.78, 5) is 10.4. The van der Waals surface area contributed by atoms with Crippen molar-refractivity contribution >= 4 is 23.9 Å². The molecule has 3 heterocycles. The van der Waals surface area contributed by atoms with Gasteiger partial charge in [-0.1, -0.05) is 18.2 Å². The quantitative estimate of drug-likeness (QED) is 0.276. The maximum Gasteiger partial charge on any atom is 0.361 e. The molecule has 7 nitrogen and oxygen atoms in total. The van der Waals surface area contributed by atoms with E-state index in [9.17, 15) is 4.57 Å². The number of rotatable bonds is 9. The molecular weight excluding hydrogens is 519 g/mol. The zero-order chi connectivity index (χ0) is 28.4. The Bertz CT molecular complexity index is 1330. The third kappa shape index (κ3) is 5.96. The van der Waals surface area contributed by atoms with Crippen LogP contribution in [0.15, 0.2) is 36.4 Å². The molecule has 0 bridgehead atoms. The van der Waals surface area contributed by atoms with E-state index in [1.54, 1.807) is 0 Å². The Morgan fingerprint density at radius 2 is 1.57 bits per heavy atom. The van der Waals surface area contributed by atoms with Crippen molar-refractivity contribution in [3.8, 4) is 11.4 Å². The topological polar surface area (TPSA) is 59.8 Å². The van der Waals surface area contributed by atoms with E-state index in [1.807, 2.05) is 38.1 Å². The summed E-state index contributed by atoms with van der Waals surface area (Å²) in [5.74, 6) is 1.51. The molecule has 218 valence electrons. The molecule has 2 saturated heterocycles. The predicted octanol–water partition coefficient (Wildman–Crippen LogP) is 6.49. The van der Waals surface area contributed by atoms with Crippen molar-refractivity contribution in [3.05, 3.63) is 47.5 Å². The van der Waals surface area contributed by atoms with Crippen molar-refractivity contribution in [1.82, 2.24) is 19.4 Å². The lowest BCUT2D eigenvalue weighted by Gasteiger charge is -2.43. The van der Waals surface area contributed by atoms with Gasteiger partial charge in [-0.2, -0.15) is 0 Å². The average Bonchev–Trinajstić information content (AvgIpc) is 3.30. The lowest BCUT2D eigenvalue weighted by Crippen LogP contribution is -2.48. The molecule has 2 aromatic carbocycles. The highest BCUT2D eigenvalue weighted by molar-refractivity contribution is 7.62. The van der Waals surface area contributed by atoms with E-state index in [0.29, 0.717) is 30.5 Å². The summed E-state index contributed by atoms with van der Waals surface area (Å²) in [7, 11) is -1.21. The van der Waals surface area contributed by atoms with E-state index in [4.69, 9.17) is 14.0 Å². The highest BCUT2D eigenvalue weighted by Gasteiger charge is 2.30. The molecule has 3 aromatic rings. The van der Waals surface area contributed by atoms with E-state index < -0.39 is 7.60 Å². The second-order valence-corrected chi connectivity index (χ2v) is 13.8. The average molecular weight is 567 g/mol. The molecule has 2 fully saturated rings. The van der Waals surface area contributed by atoms with Gasteiger partial charge in [0.2, 0.25) is 0 Å². The van der Waals surface area contributed by atoms with Crippen LogP contribution in [-0.2, 0) is 20.7 Å². The van der Waals surface area contributed by atoms with Crippen LogP contribution in [0.1, 0.15) is 70.4 Å². The van der Waals surface area contributed by atoms with E-state index in [2.05, 4.69) is 54.3 Å². The Kier molecular flexibility index (Phi) is 9.18. The molecular formula is C32H47N4O3P. The van der Waals surface area contributed by atoms with Gasteiger partial charge in [0.25, 0.3) is 0 Å². The van der Waals surface area contributed by atoms with Gasteiger partial charge in [0.15, 0.2) is 0 Å². The number of imidazole rings is 1. The molecule has 0 radical (unpaired) electrons. The predicted molar refractivity (Wildman–Crippen MR) is 165 cm³/mol. The molecule has 8 heteroatoms. The van der Waals surface area contributed by atoms with Gasteiger partial charge in [-0.25, -0.2) is 4.98 Å². The third-order valence-corrected chi connectivity index (χ3v) is 11.1. The minimum Gasteiger partial charge on any atom is -0.327 e.